The summed E-state index contributed by atoms with van der Waals surface area (Å²) in [4.78, 5) is 15.3. The van der Waals surface area contributed by atoms with E-state index in [4.69, 9.17) is 5.11 Å². The number of benzene rings is 1. The molecule has 2 N–H and O–H groups in total. The van der Waals surface area contributed by atoms with Crippen molar-refractivity contribution in [1.29, 1.82) is 0 Å². The lowest BCUT2D eigenvalue weighted by Gasteiger charge is -2.39. The molecule has 208 valence electrons. The molecule has 2 aliphatic heterocycles. The van der Waals surface area contributed by atoms with Crippen molar-refractivity contribution in [2.45, 2.75) is 38.1 Å². The van der Waals surface area contributed by atoms with E-state index in [1.165, 1.54) is 16.7 Å². The minimum Gasteiger partial charge on any atom is -0.396 e. The van der Waals surface area contributed by atoms with Crippen LogP contribution in [0.3, 0.4) is 0 Å². The number of anilines is 1. The third kappa shape index (κ3) is 5.32. The third-order valence-corrected chi connectivity index (χ3v) is 8.56. The van der Waals surface area contributed by atoms with Crippen molar-refractivity contribution in [2.24, 2.45) is 13.0 Å². The van der Waals surface area contributed by atoms with Gasteiger partial charge in [0.05, 0.1) is 28.7 Å². The van der Waals surface area contributed by atoms with Crippen molar-refractivity contribution in [3.05, 3.63) is 87.0 Å². The highest BCUT2D eigenvalue weighted by molar-refractivity contribution is 7.91. The fraction of sp³-hybridized carbons (Fsp3) is 0.414. The van der Waals surface area contributed by atoms with Gasteiger partial charge in [-0.25, -0.2) is 17.2 Å². The van der Waals surface area contributed by atoms with Crippen LogP contribution in [0.25, 0.3) is 11.3 Å². The molecule has 0 fully saturated rings. The van der Waals surface area contributed by atoms with E-state index in [-0.39, 0.29) is 35.6 Å². The lowest BCUT2D eigenvalue weighted by atomic mass is 9.82. The van der Waals surface area contributed by atoms with Crippen LogP contribution in [0.4, 0.5) is 14.5 Å². The molecule has 2 unspecified atom stereocenters. The molecule has 2 atom stereocenters. The Morgan fingerprint density at radius 2 is 1.90 bits per heavy atom. The van der Waals surface area contributed by atoms with E-state index in [2.05, 4.69) is 5.32 Å². The number of pyridine rings is 1. The Hall–Kier alpha value is -3.24. The maximum absolute atomic E-state index is 15.1. The molecular formula is C29H33F2N3O4S. The van der Waals surface area contributed by atoms with Crippen LogP contribution in [0.5, 0.6) is 0 Å². The van der Waals surface area contributed by atoms with Gasteiger partial charge >= 0.3 is 0 Å². The quantitative estimate of drug-likeness (QED) is 0.457. The van der Waals surface area contributed by atoms with Crippen LogP contribution in [0.2, 0.25) is 0 Å². The first-order valence-electron chi connectivity index (χ1n) is 13.2. The van der Waals surface area contributed by atoms with Gasteiger partial charge in [-0.1, -0.05) is 19.3 Å². The van der Waals surface area contributed by atoms with Crippen LogP contribution in [0.1, 0.15) is 43.2 Å². The van der Waals surface area contributed by atoms with E-state index in [0.717, 1.165) is 50.0 Å². The molecular weight excluding hydrogens is 524 g/mol. The Kier molecular flexibility index (Phi) is 7.52. The van der Waals surface area contributed by atoms with Gasteiger partial charge in [0, 0.05) is 56.4 Å². The number of aryl methyl sites for hydroxylation is 1. The molecule has 1 aromatic carbocycles. The van der Waals surface area contributed by atoms with Crippen LogP contribution in [0.15, 0.2) is 58.7 Å². The molecule has 0 saturated carbocycles. The Morgan fingerprint density at radius 3 is 2.62 bits per heavy atom. The number of aromatic nitrogens is 1. The highest BCUT2D eigenvalue weighted by Crippen LogP contribution is 2.47. The molecule has 0 spiro atoms. The zero-order chi connectivity index (χ0) is 27.9. The number of hydrogen-bond donors (Lipinski definition) is 2. The number of halogens is 2. The van der Waals surface area contributed by atoms with Crippen LogP contribution in [-0.2, 0) is 16.9 Å². The Morgan fingerprint density at radius 1 is 1.13 bits per heavy atom. The minimum atomic E-state index is -3.44. The maximum Gasteiger partial charge on any atom is 0.260 e. The Labute approximate surface area is 227 Å². The summed E-state index contributed by atoms with van der Waals surface area (Å²) in [6.45, 7) is 0.689. The zero-order valence-electron chi connectivity index (χ0n) is 22.1. The minimum absolute atomic E-state index is 0.0388. The number of nitrogens with zero attached hydrogens (tertiary/aromatic N) is 2. The third-order valence-electron chi connectivity index (χ3n) is 7.72. The van der Waals surface area contributed by atoms with Crippen molar-refractivity contribution in [3.63, 3.8) is 0 Å². The van der Waals surface area contributed by atoms with Gasteiger partial charge in [-0.05, 0) is 53.8 Å². The SMILES string of the molecule is Cn1ccc2c(c1=O)C1=C3C(=CN(c4ccc(F)cc4F)C3C(CCCCCCO)CN1)C=C2CS(C)(=O)=O. The van der Waals surface area contributed by atoms with Gasteiger partial charge in [-0.15, -0.1) is 0 Å². The number of fused-ring (bicyclic) bond motifs is 2. The maximum atomic E-state index is 15.1. The molecule has 0 bridgehead atoms. The van der Waals surface area contributed by atoms with Gasteiger partial charge in [0.25, 0.3) is 5.56 Å². The summed E-state index contributed by atoms with van der Waals surface area (Å²) in [6, 6.07) is 4.94. The van der Waals surface area contributed by atoms with Gasteiger partial charge < -0.3 is 19.9 Å². The van der Waals surface area contributed by atoms with E-state index in [9.17, 15) is 17.6 Å². The second-order valence-corrected chi connectivity index (χ2v) is 12.8. The smallest absolute Gasteiger partial charge is 0.260 e. The molecule has 10 heteroatoms. The first kappa shape index (κ1) is 27.3. The summed E-state index contributed by atoms with van der Waals surface area (Å²) in [6.07, 6.45) is 10.7. The van der Waals surface area contributed by atoms with Gasteiger partial charge in [-0.3, -0.25) is 4.79 Å². The summed E-state index contributed by atoms with van der Waals surface area (Å²) in [5, 5.41) is 12.6. The fourth-order valence-corrected chi connectivity index (χ4v) is 6.79. The number of hydrogen-bond acceptors (Lipinski definition) is 6. The number of allylic oxidation sites excluding steroid dienone is 1. The molecule has 3 aliphatic rings. The summed E-state index contributed by atoms with van der Waals surface area (Å²) >= 11 is 0. The zero-order valence-corrected chi connectivity index (χ0v) is 22.9. The van der Waals surface area contributed by atoms with Crippen molar-refractivity contribution in [1.82, 2.24) is 9.88 Å². The Balaban J connectivity index is 1.68. The topological polar surface area (TPSA) is 91.6 Å². The van der Waals surface area contributed by atoms with Gasteiger partial charge in [-0.2, -0.15) is 0 Å². The Bertz CT molecular complexity index is 1560. The van der Waals surface area contributed by atoms with Crippen LogP contribution < -0.4 is 15.8 Å². The second-order valence-electron chi connectivity index (χ2n) is 10.6. The molecule has 1 aliphatic carbocycles. The lowest BCUT2D eigenvalue weighted by Crippen LogP contribution is -2.46. The average Bonchev–Trinajstić information content (AvgIpc) is 3.18. The number of unbranched alkanes of at least 4 members (excludes halogenated alkanes) is 3. The number of aliphatic hydroxyl groups is 1. The van der Waals surface area contributed by atoms with E-state index in [0.29, 0.717) is 34.5 Å². The standard InChI is InChI=1S/C29H33F2N3O4S/c1-33-11-10-22-20(17-39(2,37)38)13-19-16-34(24-9-8-21(30)14-23(24)31)28-18(7-5-3-4-6-12-35)15-32-27(25(19)28)26(22)29(33)36/h8-11,13-14,16,18,28,32,35H,3-7,12,15,17H2,1-2H3. The molecule has 39 heavy (non-hydrogen) atoms. The highest BCUT2D eigenvalue weighted by Gasteiger charge is 2.43. The van der Waals surface area contributed by atoms with Crippen LogP contribution in [-0.4, -0.2) is 49.3 Å². The predicted molar refractivity (Wildman–Crippen MR) is 149 cm³/mol. The first-order chi connectivity index (χ1) is 18.6. The van der Waals surface area contributed by atoms with E-state index in [1.54, 1.807) is 31.6 Å². The van der Waals surface area contributed by atoms with Gasteiger partial charge in [0.15, 0.2) is 9.84 Å². The molecule has 2 aromatic rings. The molecule has 7 nitrogen and oxygen atoms in total. The number of rotatable bonds is 9. The van der Waals surface area contributed by atoms with Gasteiger partial charge in [0.1, 0.15) is 11.6 Å². The average molecular weight is 558 g/mol. The summed E-state index contributed by atoms with van der Waals surface area (Å²) in [7, 11) is -1.79. The second kappa shape index (κ2) is 10.7. The van der Waals surface area contributed by atoms with E-state index < -0.39 is 21.5 Å². The summed E-state index contributed by atoms with van der Waals surface area (Å²) < 4.78 is 55.3. The van der Waals surface area contributed by atoms with Crippen molar-refractivity contribution in [2.75, 3.05) is 30.1 Å². The largest absolute Gasteiger partial charge is 0.396 e. The molecule has 0 amide bonds. The number of aliphatic hydroxyl groups excluding tert-OH is 1. The molecule has 0 radical (unpaired) electrons. The number of nitrogens with one attached hydrogen (secondary N) is 1. The summed E-state index contributed by atoms with van der Waals surface area (Å²) in [5.74, 6) is -1.58. The predicted octanol–water partition coefficient (Wildman–Crippen LogP) is 3.75. The molecule has 3 heterocycles. The van der Waals surface area contributed by atoms with Gasteiger partial charge in [0.2, 0.25) is 0 Å². The van der Waals surface area contributed by atoms with Crippen molar-refractivity contribution in [3.8, 4) is 0 Å². The van der Waals surface area contributed by atoms with E-state index in [1.807, 2.05) is 4.90 Å². The molecule has 5 rings (SSSR count). The fourth-order valence-electron chi connectivity index (χ4n) is 5.99. The van der Waals surface area contributed by atoms with Crippen LogP contribution >= 0.6 is 0 Å². The normalized spacial score (nSPS) is 20.2. The lowest BCUT2D eigenvalue weighted by molar-refractivity contribution is 0.281. The molecule has 0 saturated heterocycles. The monoisotopic (exact) mass is 557 g/mol. The van der Waals surface area contributed by atoms with Crippen molar-refractivity contribution < 1.29 is 22.3 Å². The first-order valence-corrected chi connectivity index (χ1v) is 15.3. The highest BCUT2D eigenvalue weighted by atomic mass is 32.2. The summed E-state index contributed by atoms with van der Waals surface area (Å²) in [5.41, 5.74) is 3.58. The molecule has 1 aromatic heterocycles. The number of sulfone groups is 1. The van der Waals surface area contributed by atoms with Crippen LogP contribution in [0, 0.1) is 17.6 Å². The van der Waals surface area contributed by atoms with Crippen molar-refractivity contribution >= 4 is 26.8 Å². The van der Waals surface area contributed by atoms with E-state index >= 15 is 4.39 Å².